The molecule has 1 atom stereocenters. The number of fused-ring (bicyclic) bond motifs is 2. The van der Waals surface area contributed by atoms with E-state index in [4.69, 9.17) is 0 Å². The lowest BCUT2D eigenvalue weighted by molar-refractivity contribution is 0.141. The van der Waals surface area contributed by atoms with Gasteiger partial charge in [0, 0.05) is 36.8 Å². The zero-order valence-electron chi connectivity index (χ0n) is 13.3. The second-order valence-electron chi connectivity index (χ2n) is 6.51. The van der Waals surface area contributed by atoms with Crippen LogP contribution in [0, 0.1) is 0 Å². The maximum atomic E-state index is 2.68. The van der Waals surface area contributed by atoms with Gasteiger partial charge in [-0.15, -0.1) is 11.8 Å². The molecule has 4 aliphatic rings. The van der Waals surface area contributed by atoms with Crippen molar-refractivity contribution in [1.82, 2.24) is 9.80 Å². The van der Waals surface area contributed by atoms with E-state index < -0.39 is 0 Å². The SMILES string of the molecule is CN1CCN(C2C=CC=C3CCSC4=CC=CCC4=C32)CC1. The summed E-state index contributed by atoms with van der Waals surface area (Å²) >= 11 is 2.04. The minimum absolute atomic E-state index is 0.484. The van der Waals surface area contributed by atoms with Crippen LogP contribution in [0.4, 0.5) is 0 Å². The summed E-state index contributed by atoms with van der Waals surface area (Å²) in [5.74, 6) is 1.21. The third-order valence-electron chi connectivity index (χ3n) is 5.12. The average Bonchev–Trinajstić information content (AvgIpc) is 2.75. The van der Waals surface area contributed by atoms with Crippen molar-refractivity contribution in [1.29, 1.82) is 0 Å². The average molecular weight is 312 g/mol. The van der Waals surface area contributed by atoms with Crippen LogP contribution in [0.5, 0.6) is 0 Å². The molecule has 0 saturated carbocycles. The Morgan fingerprint density at radius 3 is 2.82 bits per heavy atom. The molecule has 0 bridgehead atoms. The first-order chi connectivity index (χ1) is 10.8. The van der Waals surface area contributed by atoms with E-state index >= 15 is 0 Å². The van der Waals surface area contributed by atoms with Gasteiger partial charge in [-0.2, -0.15) is 0 Å². The third kappa shape index (κ3) is 2.66. The molecule has 2 heterocycles. The molecule has 3 heteroatoms. The van der Waals surface area contributed by atoms with Crippen molar-refractivity contribution in [2.75, 3.05) is 39.0 Å². The predicted molar refractivity (Wildman–Crippen MR) is 96.0 cm³/mol. The molecule has 0 aromatic carbocycles. The van der Waals surface area contributed by atoms with Gasteiger partial charge in [-0.3, -0.25) is 4.90 Å². The predicted octanol–water partition coefficient (Wildman–Crippen LogP) is 3.38. The number of rotatable bonds is 1. The second kappa shape index (κ2) is 6.23. The van der Waals surface area contributed by atoms with Gasteiger partial charge in [0.15, 0.2) is 0 Å². The van der Waals surface area contributed by atoms with Crippen LogP contribution in [0.2, 0.25) is 0 Å². The van der Waals surface area contributed by atoms with Crippen LogP contribution in [0.3, 0.4) is 0 Å². The minimum atomic E-state index is 0.484. The Bertz CT molecular complexity index is 601. The fourth-order valence-corrected chi connectivity index (χ4v) is 4.92. The molecule has 1 fully saturated rings. The maximum Gasteiger partial charge on any atom is 0.0541 e. The molecule has 116 valence electrons. The van der Waals surface area contributed by atoms with Gasteiger partial charge in [-0.25, -0.2) is 0 Å². The van der Waals surface area contributed by atoms with Crippen molar-refractivity contribution in [2.24, 2.45) is 0 Å². The Morgan fingerprint density at radius 2 is 1.95 bits per heavy atom. The highest BCUT2D eigenvalue weighted by molar-refractivity contribution is 8.03. The standard InChI is InChI=1S/C19H24N2S/c1-20-10-12-21(13-11-20)17-7-4-5-15-9-14-22-18-8-3-2-6-16(18)19(15)17/h2-5,7-8,17H,6,9-14H2,1H3. The number of piperazine rings is 1. The summed E-state index contributed by atoms with van der Waals surface area (Å²) in [6.45, 7) is 4.72. The van der Waals surface area contributed by atoms with Crippen molar-refractivity contribution in [2.45, 2.75) is 18.9 Å². The van der Waals surface area contributed by atoms with Gasteiger partial charge in [-0.1, -0.05) is 30.4 Å². The zero-order valence-corrected chi connectivity index (χ0v) is 14.1. The summed E-state index contributed by atoms with van der Waals surface area (Å²) < 4.78 is 0. The van der Waals surface area contributed by atoms with Gasteiger partial charge in [-0.05, 0) is 42.7 Å². The zero-order chi connectivity index (χ0) is 14.9. The highest BCUT2D eigenvalue weighted by Crippen LogP contribution is 2.42. The quantitative estimate of drug-likeness (QED) is 0.733. The highest BCUT2D eigenvalue weighted by atomic mass is 32.2. The maximum absolute atomic E-state index is 2.68. The van der Waals surface area contributed by atoms with Gasteiger partial charge in [0.05, 0.1) is 6.04 Å². The normalized spacial score (nSPS) is 29.6. The molecular weight excluding hydrogens is 288 g/mol. The van der Waals surface area contributed by atoms with Gasteiger partial charge >= 0.3 is 0 Å². The molecule has 2 aliphatic heterocycles. The van der Waals surface area contributed by atoms with Crippen LogP contribution in [0.1, 0.15) is 12.8 Å². The molecule has 2 nitrogen and oxygen atoms in total. The molecule has 2 aliphatic carbocycles. The Kier molecular flexibility index (Phi) is 4.12. The summed E-state index contributed by atoms with van der Waals surface area (Å²) in [4.78, 5) is 6.63. The Labute approximate surface area is 137 Å². The Hall–Kier alpha value is -1.03. The number of hydrogen-bond acceptors (Lipinski definition) is 3. The van der Waals surface area contributed by atoms with Crippen LogP contribution >= 0.6 is 11.8 Å². The molecule has 1 saturated heterocycles. The lowest BCUT2D eigenvalue weighted by atomic mass is 9.84. The van der Waals surface area contributed by atoms with Crippen LogP contribution < -0.4 is 0 Å². The summed E-state index contributed by atoms with van der Waals surface area (Å²) in [5.41, 5.74) is 4.78. The number of nitrogens with zero attached hydrogens (tertiary/aromatic N) is 2. The van der Waals surface area contributed by atoms with Crippen molar-refractivity contribution in [3.05, 3.63) is 58.1 Å². The number of allylic oxidation sites excluding steroid dienone is 6. The van der Waals surface area contributed by atoms with Gasteiger partial charge in [0.25, 0.3) is 0 Å². The lowest BCUT2D eigenvalue weighted by Gasteiger charge is -2.40. The van der Waals surface area contributed by atoms with Gasteiger partial charge in [0.2, 0.25) is 0 Å². The fourth-order valence-electron chi connectivity index (χ4n) is 3.84. The van der Waals surface area contributed by atoms with E-state index in [-0.39, 0.29) is 0 Å². The molecule has 0 aromatic rings. The van der Waals surface area contributed by atoms with Crippen molar-refractivity contribution in [3.63, 3.8) is 0 Å². The highest BCUT2D eigenvalue weighted by Gasteiger charge is 2.31. The molecule has 0 radical (unpaired) electrons. The van der Waals surface area contributed by atoms with Crippen LogP contribution in [-0.2, 0) is 0 Å². The summed E-state index contributed by atoms with van der Waals surface area (Å²) in [7, 11) is 2.23. The van der Waals surface area contributed by atoms with E-state index in [1.54, 1.807) is 16.7 Å². The van der Waals surface area contributed by atoms with Crippen LogP contribution in [0.25, 0.3) is 0 Å². The van der Waals surface area contributed by atoms with Gasteiger partial charge < -0.3 is 4.90 Å². The number of thioether (sulfide) groups is 1. The largest absolute Gasteiger partial charge is 0.304 e. The summed E-state index contributed by atoms with van der Waals surface area (Å²) in [6.07, 6.45) is 16.2. The Balaban J connectivity index is 1.72. The monoisotopic (exact) mass is 312 g/mol. The topological polar surface area (TPSA) is 6.48 Å². The minimum Gasteiger partial charge on any atom is -0.304 e. The summed E-state index contributed by atoms with van der Waals surface area (Å²) in [5, 5.41) is 0. The van der Waals surface area contributed by atoms with E-state index in [1.807, 2.05) is 11.8 Å². The lowest BCUT2D eigenvalue weighted by Crippen LogP contribution is -2.49. The van der Waals surface area contributed by atoms with Gasteiger partial charge in [0.1, 0.15) is 0 Å². The van der Waals surface area contributed by atoms with E-state index in [1.165, 1.54) is 43.3 Å². The first-order valence-electron chi connectivity index (χ1n) is 8.36. The second-order valence-corrected chi connectivity index (χ2v) is 7.65. The fraction of sp³-hybridized carbons (Fsp3) is 0.474. The van der Waals surface area contributed by atoms with Crippen LogP contribution in [0.15, 0.2) is 58.1 Å². The molecule has 22 heavy (non-hydrogen) atoms. The molecule has 0 amide bonds. The smallest absolute Gasteiger partial charge is 0.0541 e. The molecule has 0 N–H and O–H groups in total. The van der Waals surface area contributed by atoms with Crippen molar-refractivity contribution < 1.29 is 0 Å². The van der Waals surface area contributed by atoms with Crippen LogP contribution in [-0.4, -0.2) is 54.8 Å². The first-order valence-corrected chi connectivity index (χ1v) is 9.35. The molecule has 4 rings (SSSR count). The number of likely N-dealkylation sites (N-methyl/N-ethyl adjacent to an activating group) is 1. The first kappa shape index (κ1) is 14.6. The van der Waals surface area contributed by atoms with Crippen molar-refractivity contribution in [3.8, 4) is 0 Å². The third-order valence-corrected chi connectivity index (χ3v) is 6.22. The molecule has 1 unspecified atom stereocenters. The van der Waals surface area contributed by atoms with Crippen molar-refractivity contribution >= 4 is 11.8 Å². The van der Waals surface area contributed by atoms with E-state index in [0.29, 0.717) is 6.04 Å². The molecule has 0 spiro atoms. The molecular formula is C19H24N2S. The van der Waals surface area contributed by atoms with E-state index in [0.717, 1.165) is 6.42 Å². The molecule has 0 aromatic heterocycles. The Morgan fingerprint density at radius 1 is 1.09 bits per heavy atom. The number of hydrogen-bond donors (Lipinski definition) is 0. The summed E-state index contributed by atoms with van der Waals surface area (Å²) in [6, 6.07) is 0.484. The van der Waals surface area contributed by atoms with E-state index in [9.17, 15) is 0 Å². The van der Waals surface area contributed by atoms with E-state index in [2.05, 4.69) is 53.3 Å².